The molecule has 1 fully saturated rings. The van der Waals surface area contributed by atoms with Crippen molar-refractivity contribution < 1.29 is 13.2 Å². The molecule has 0 bridgehead atoms. The molecule has 4 nitrogen and oxygen atoms in total. The van der Waals surface area contributed by atoms with Crippen LogP contribution in [0.15, 0.2) is 60.9 Å². The van der Waals surface area contributed by atoms with Crippen LogP contribution in [0, 0.1) is 0 Å². The molecule has 1 aliphatic rings. The molecule has 1 radical (unpaired) electrons. The fourth-order valence-electron chi connectivity index (χ4n) is 3.27. The third-order valence-electron chi connectivity index (χ3n) is 4.96. The fraction of sp³-hybridized carbons (Fsp3) is 0.227. The van der Waals surface area contributed by atoms with Gasteiger partial charge >= 0.3 is 172 Å². The molecule has 4 aromatic rings. The Morgan fingerprint density at radius 3 is 2.30 bits per heavy atom. The Morgan fingerprint density at radius 2 is 1.63 bits per heavy atom. The molecule has 0 N–H and O–H groups in total. The zero-order valence-electron chi connectivity index (χ0n) is 15.8. The summed E-state index contributed by atoms with van der Waals surface area (Å²) >= 11 is -0.429. The van der Waals surface area contributed by atoms with Gasteiger partial charge in [-0.15, -0.1) is 0 Å². The molecule has 2 aromatic heterocycles. The number of imidazole rings is 1. The number of rotatable bonds is 5. The summed E-state index contributed by atoms with van der Waals surface area (Å²) in [5.74, 6) is -1.07. The van der Waals surface area contributed by atoms with Crippen LogP contribution in [0.3, 0.4) is 0 Å². The molecule has 30 heavy (non-hydrogen) atoms. The number of hydrogen-bond acceptors (Lipinski definition) is 3. The van der Waals surface area contributed by atoms with Gasteiger partial charge in [0.05, 0.1) is 0 Å². The van der Waals surface area contributed by atoms with Crippen LogP contribution >= 0.6 is 0 Å². The van der Waals surface area contributed by atoms with Crippen LogP contribution in [0.1, 0.15) is 24.2 Å². The van der Waals surface area contributed by atoms with Crippen molar-refractivity contribution in [3.63, 3.8) is 0 Å². The Balaban J connectivity index is 1.48. The Hall–Kier alpha value is -2.66. The van der Waals surface area contributed by atoms with Crippen molar-refractivity contribution >= 4 is 31.4 Å². The van der Waals surface area contributed by atoms with Gasteiger partial charge < -0.3 is 0 Å². The molecule has 2 heterocycles. The third-order valence-corrected chi connectivity index (χ3v) is 7.98. The molecule has 0 aliphatic heterocycles. The van der Waals surface area contributed by atoms with Crippen LogP contribution in [-0.4, -0.2) is 35.3 Å². The van der Waals surface area contributed by atoms with Crippen LogP contribution in [0.25, 0.3) is 22.3 Å². The van der Waals surface area contributed by atoms with Gasteiger partial charge in [0, 0.05) is 0 Å². The molecule has 0 atom stereocenters. The average molecular weight is 469 g/mol. The van der Waals surface area contributed by atoms with E-state index >= 15 is 0 Å². The van der Waals surface area contributed by atoms with Crippen molar-refractivity contribution in [1.82, 2.24) is 19.5 Å². The van der Waals surface area contributed by atoms with Gasteiger partial charge in [0.15, 0.2) is 0 Å². The monoisotopic (exact) mass is 469 g/mol. The van der Waals surface area contributed by atoms with Crippen LogP contribution in [-0.2, 0) is 12.7 Å². The minimum absolute atomic E-state index is 0.260. The van der Waals surface area contributed by atoms with E-state index in [1.165, 1.54) is 0 Å². The van der Waals surface area contributed by atoms with E-state index in [1.54, 1.807) is 10.9 Å². The molecule has 0 amide bonds. The number of nitrogens with zero attached hydrogens (tertiary/aromatic N) is 4. The average Bonchev–Trinajstić information content (AvgIpc) is 3.47. The summed E-state index contributed by atoms with van der Waals surface area (Å²) in [4.78, 5) is 12.1. The summed E-state index contributed by atoms with van der Waals surface area (Å²) in [5, 5.41) is 0. The van der Waals surface area contributed by atoms with Crippen molar-refractivity contribution in [3.8, 4) is 11.1 Å². The number of fused-ring (bicyclic) bond motifs is 1. The summed E-state index contributed by atoms with van der Waals surface area (Å²) < 4.78 is 42.8. The molecule has 8 heteroatoms. The number of benzene rings is 2. The first-order valence-corrected chi connectivity index (χ1v) is 11.6. The standard InChI is InChI=1S/C22H17AsF3N4/c24-22(25,26)21-28-19(23-17-10-11-17)18-20(29-21)30(13-27-18)12-14-6-8-16(9-7-14)15-4-2-1-3-5-15/h1-9,13,17H,10-12H2. The fourth-order valence-corrected chi connectivity index (χ4v) is 5.76. The molecule has 151 valence electrons. The van der Waals surface area contributed by atoms with Gasteiger partial charge in [0.1, 0.15) is 0 Å². The predicted molar refractivity (Wildman–Crippen MR) is 110 cm³/mol. The van der Waals surface area contributed by atoms with Crippen molar-refractivity contribution in [2.75, 3.05) is 0 Å². The summed E-state index contributed by atoms with van der Waals surface area (Å²) in [5.41, 5.74) is 3.95. The van der Waals surface area contributed by atoms with Crippen molar-refractivity contribution in [2.45, 2.75) is 30.3 Å². The molecular formula is C22H17AsF3N4. The van der Waals surface area contributed by atoms with E-state index in [-0.39, 0.29) is 5.65 Å². The van der Waals surface area contributed by atoms with Gasteiger partial charge in [0.25, 0.3) is 0 Å². The molecule has 0 spiro atoms. The summed E-state index contributed by atoms with van der Waals surface area (Å²) in [6.07, 6.45) is -0.856. The molecule has 2 aromatic carbocycles. The first-order chi connectivity index (χ1) is 14.5. The van der Waals surface area contributed by atoms with Gasteiger partial charge in [-0.3, -0.25) is 0 Å². The summed E-state index contributed by atoms with van der Waals surface area (Å²) in [6, 6.07) is 18.0. The van der Waals surface area contributed by atoms with E-state index in [0.717, 1.165) is 29.5 Å². The molecule has 0 saturated heterocycles. The Kier molecular flexibility index (Phi) is 4.86. The van der Waals surface area contributed by atoms with E-state index in [4.69, 9.17) is 0 Å². The second-order valence-electron chi connectivity index (χ2n) is 7.34. The van der Waals surface area contributed by atoms with Crippen molar-refractivity contribution in [3.05, 3.63) is 72.3 Å². The Morgan fingerprint density at radius 1 is 0.933 bits per heavy atom. The van der Waals surface area contributed by atoms with Crippen LogP contribution in [0.4, 0.5) is 13.2 Å². The molecule has 5 rings (SSSR count). The minimum atomic E-state index is -4.57. The zero-order chi connectivity index (χ0) is 20.7. The second-order valence-corrected chi connectivity index (χ2v) is 10.3. The van der Waals surface area contributed by atoms with Crippen LogP contribution < -0.4 is 4.48 Å². The Bertz CT molecular complexity index is 1180. The van der Waals surface area contributed by atoms with Gasteiger partial charge in [-0.25, -0.2) is 0 Å². The number of halogens is 3. The van der Waals surface area contributed by atoms with Gasteiger partial charge in [-0.2, -0.15) is 0 Å². The topological polar surface area (TPSA) is 43.6 Å². The normalized spacial score (nSPS) is 14.8. The Labute approximate surface area is 177 Å². The van der Waals surface area contributed by atoms with Crippen molar-refractivity contribution in [2.24, 2.45) is 0 Å². The predicted octanol–water partition coefficient (Wildman–Crippen LogP) is 4.47. The zero-order valence-corrected chi connectivity index (χ0v) is 17.7. The molecule has 1 saturated carbocycles. The second kappa shape index (κ2) is 7.55. The van der Waals surface area contributed by atoms with Crippen molar-refractivity contribution in [1.29, 1.82) is 0 Å². The maximum atomic E-state index is 13.4. The number of aromatic nitrogens is 4. The molecule has 1 aliphatic carbocycles. The molecule has 0 unspecified atom stereocenters. The first-order valence-electron chi connectivity index (χ1n) is 9.63. The van der Waals surface area contributed by atoms with E-state index in [9.17, 15) is 13.2 Å². The van der Waals surface area contributed by atoms with E-state index in [0.29, 0.717) is 21.2 Å². The SMILES string of the molecule is FC(F)(F)c1nc([As]C2CC2)c2ncn(Cc3ccc(-c4ccccc4)cc3)c2n1. The summed E-state index contributed by atoms with van der Waals surface area (Å²) in [6.45, 7) is 0.402. The van der Waals surface area contributed by atoms with Gasteiger partial charge in [0.2, 0.25) is 0 Å². The third kappa shape index (κ3) is 3.99. The first kappa shape index (κ1) is 19.3. The number of alkyl halides is 3. The van der Waals surface area contributed by atoms with E-state index in [1.807, 2.05) is 54.6 Å². The van der Waals surface area contributed by atoms with Crippen LogP contribution in [0.2, 0.25) is 4.71 Å². The summed E-state index contributed by atoms with van der Waals surface area (Å²) in [7, 11) is 0. The quantitative estimate of drug-likeness (QED) is 0.405. The maximum absolute atomic E-state index is 13.4. The molecular weight excluding hydrogens is 452 g/mol. The van der Waals surface area contributed by atoms with E-state index in [2.05, 4.69) is 15.0 Å². The van der Waals surface area contributed by atoms with E-state index < -0.39 is 27.8 Å². The number of hydrogen-bond donors (Lipinski definition) is 0. The van der Waals surface area contributed by atoms with Gasteiger partial charge in [-0.05, 0) is 0 Å². The van der Waals surface area contributed by atoms with Crippen LogP contribution in [0.5, 0.6) is 0 Å². The van der Waals surface area contributed by atoms with Gasteiger partial charge in [-0.1, -0.05) is 6.07 Å².